The number of aryl methyl sites for hydroxylation is 1. The van der Waals surface area contributed by atoms with Gasteiger partial charge in [-0.1, -0.05) is 130 Å². The predicted molar refractivity (Wildman–Crippen MR) is 159 cm³/mol. The summed E-state index contributed by atoms with van der Waals surface area (Å²) in [5, 5.41) is 5.28. The molecule has 0 saturated carbocycles. The largest absolute Gasteiger partial charge is 0.0622 e. The highest BCUT2D eigenvalue weighted by Gasteiger charge is 2.35. The van der Waals surface area contributed by atoms with E-state index < -0.39 is 0 Å². The first-order chi connectivity index (χ1) is 18.1. The van der Waals surface area contributed by atoms with Gasteiger partial charge < -0.3 is 0 Å². The molecule has 1 aliphatic rings. The molecule has 0 atom stereocenters. The lowest BCUT2D eigenvalue weighted by Crippen LogP contribution is -2.14. The number of fused-ring (bicyclic) bond motifs is 5. The van der Waals surface area contributed by atoms with Gasteiger partial charge in [-0.25, -0.2) is 0 Å². The SMILES string of the molecule is CCc1ccc2c(-c3ccc4c(c3)C(C)(C)c3ccccc3-4)c3ccccc3c(-c3ccccc3)c2c1. The molecule has 6 aromatic rings. The van der Waals surface area contributed by atoms with Gasteiger partial charge in [-0.3, -0.25) is 0 Å². The van der Waals surface area contributed by atoms with E-state index in [0.717, 1.165) is 6.42 Å². The van der Waals surface area contributed by atoms with E-state index in [1.54, 1.807) is 0 Å². The van der Waals surface area contributed by atoms with Crippen molar-refractivity contribution < 1.29 is 0 Å². The van der Waals surface area contributed by atoms with Crippen LogP contribution in [0.25, 0.3) is 54.9 Å². The Balaban J connectivity index is 1.58. The minimum Gasteiger partial charge on any atom is -0.0622 e. The van der Waals surface area contributed by atoms with Crippen LogP contribution in [0.1, 0.15) is 37.5 Å². The molecule has 0 spiro atoms. The van der Waals surface area contributed by atoms with Crippen LogP contribution in [0, 0.1) is 0 Å². The molecule has 0 heteroatoms. The lowest BCUT2D eigenvalue weighted by Gasteiger charge is -2.23. The Kier molecular flexibility index (Phi) is 4.88. The third-order valence-electron chi connectivity index (χ3n) is 8.43. The monoisotopic (exact) mass is 474 g/mol. The molecule has 0 bridgehead atoms. The highest BCUT2D eigenvalue weighted by Crippen LogP contribution is 2.51. The second-order valence-corrected chi connectivity index (χ2v) is 10.8. The Hall–Kier alpha value is -4.16. The molecule has 0 aromatic heterocycles. The topological polar surface area (TPSA) is 0 Å². The maximum atomic E-state index is 2.46. The van der Waals surface area contributed by atoms with Crippen LogP contribution in [0.4, 0.5) is 0 Å². The normalized spacial score (nSPS) is 13.6. The average molecular weight is 475 g/mol. The van der Waals surface area contributed by atoms with Gasteiger partial charge in [-0.2, -0.15) is 0 Å². The van der Waals surface area contributed by atoms with Crippen molar-refractivity contribution in [2.45, 2.75) is 32.6 Å². The summed E-state index contributed by atoms with van der Waals surface area (Å²) in [6, 6.07) is 43.0. The second kappa shape index (κ2) is 8.18. The molecule has 1 aliphatic carbocycles. The number of hydrogen-bond donors (Lipinski definition) is 0. The minimum atomic E-state index is -0.0209. The first-order valence-corrected chi connectivity index (χ1v) is 13.4. The fourth-order valence-corrected chi connectivity index (χ4v) is 6.53. The molecule has 0 aliphatic heterocycles. The fourth-order valence-electron chi connectivity index (χ4n) is 6.53. The van der Waals surface area contributed by atoms with Gasteiger partial charge in [0.25, 0.3) is 0 Å². The van der Waals surface area contributed by atoms with Crippen LogP contribution in [0.2, 0.25) is 0 Å². The van der Waals surface area contributed by atoms with Crippen molar-refractivity contribution in [3.05, 3.63) is 132 Å². The Labute approximate surface area is 219 Å². The van der Waals surface area contributed by atoms with Crippen LogP contribution in [-0.4, -0.2) is 0 Å². The van der Waals surface area contributed by atoms with E-state index in [1.165, 1.54) is 71.6 Å². The summed E-state index contributed by atoms with van der Waals surface area (Å²) in [7, 11) is 0. The Morgan fingerprint density at radius 1 is 0.486 bits per heavy atom. The van der Waals surface area contributed by atoms with Crippen molar-refractivity contribution in [3.8, 4) is 33.4 Å². The first kappa shape index (κ1) is 22.1. The summed E-state index contributed by atoms with van der Waals surface area (Å²) in [5.74, 6) is 0. The summed E-state index contributed by atoms with van der Waals surface area (Å²) in [6.45, 7) is 6.97. The van der Waals surface area contributed by atoms with E-state index in [9.17, 15) is 0 Å². The van der Waals surface area contributed by atoms with Gasteiger partial charge in [0.2, 0.25) is 0 Å². The van der Waals surface area contributed by atoms with Crippen LogP contribution < -0.4 is 0 Å². The Bertz CT molecular complexity index is 1820. The fraction of sp³-hybridized carbons (Fsp3) is 0.135. The van der Waals surface area contributed by atoms with Gasteiger partial charge in [0.15, 0.2) is 0 Å². The van der Waals surface area contributed by atoms with Crippen molar-refractivity contribution in [3.63, 3.8) is 0 Å². The molecule has 0 nitrogen and oxygen atoms in total. The zero-order chi connectivity index (χ0) is 25.1. The maximum Gasteiger partial charge on any atom is 0.0159 e. The number of rotatable bonds is 3. The molecule has 6 aromatic carbocycles. The smallest absolute Gasteiger partial charge is 0.0159 e. The average Bonchev–Trinajstić information content (AvgIpc) is 3.18. The third-order valence-corrected chi connectivity index (χ3v) is 8.43. The van der Waals surface area contributed by atoms with Gasteiger partial charge in [0.1, 0.15) is 0 Å². The maximum absolute atomic E-state index is 2.46. The minimum absolute atomic E-state index is 0.0209. The molecule has 0 N–H and O–H groups in total. The van der Waals surface area contributed by atoms with Crippen molar-refractivity contribution in [1.82, 2.24) is 0 Å². The summed E-state index contributed by atoms with van der Waals surface area (Å²) < 4.78 is 0. The molecular weight excluding hydrogens is 444 g/mol. The van der Waals surface area contributed by atoms with E-state index in [1.807, 2.05) is 0 Å². The lowest BCUT2D eigenvalue weighted by atomic mass is 9.80. The molecule has 0 radical (unpaired) electrons. The zero-order valence-corrected chi connectivity index (χ0v) is 21.7. The molecule has 0 saturated heterocycles. The first-order valence-electron chi connectivity index (χ1n) is 13.4. The zero-order valence-electron chi connectivity index (χ0n) is 21.7. The molecule has 7 rings (SSSR count). The summed E-state index contributed by atoms with van der Waals surface area (Å²) in [5.41, 5.74) is 12.2. The number of hydrogen-bond acceptors (Lipinski definition) is 0. The van der Waals surface area contributed by atoms with E-state index in [4.69, 9.17) is 0 Å². The Morgan fingerprint density at radius 2 is 1.11 bits per heavy atom. The van der Waals surface area contributed by atoms with Crippen LogP contribution in [0.15, 0.2) is 115 Å². The van der Waals surface area contributed by atoms with Crippen LogP contribution in [0.5, 0.6) is 0 Å². The van der Waals surface area contributed by atoms with Crippen LogP contribution >= 0.6 is 0 Å². The summed E-state index contributed by atoms with van der Waals surface area (Å²) in [6.07, 6.45) is 1.03. The molecule has 178 valence electrons. The summed E-state index contributed by atoms with van der Waals surface area (Å²) >= 11 is 0. The molecule has 37 heavy (non-hydrogen) atoms. The standard InChI is InChI=1S/C37H30/c1-4-24-18-20-31-32(22-24)35(25-12-6-5-7-13-25)29-15-8-9-16-30(29)36(31)26-19-21-28-27-14-10-11-17-33(27)37(2,3)34(28)23-26/h5-23H,4H2,1-3H3. The quantitative estimate of drug-likeness (QED) is 0.224. The molecule has 0 heterocycles. The van der Waals surface area contributed by atoms with E-state index >= 15 is 0 Å². The van der Waals surface area contributed by atoms with E-state index in [0.29, 0.717) is 0 Å². The van der Waals surface area contributed by atoms with Crippen molar-refractivity contribution in [2.75, 3.05) is 0 Å². The van der Waals surface area contributed by atoms with E-state index in [-0.39, 0.29) is 5.41 Å². The molecule has 0 unspecified atom stereocenters. The van der Waals surface area contributed by atoms with Gasteiger partial charge in [-0.05, 0) is 84.1 Å². The van der Waals surface area contributed by atoms with Crippen LogP contribution in [-0.2, 0) is 11.8 Å². The highest BCUT2D eigenvalue weighted by atomic mass is 14.4. The lowest BCUT2D eigenvalue weighted by molar-refractivity contribution is 0.660. The Morgan fingerprint density at radius 3 is 1.86 bits per heavy atom. The highest BCUT2D eigenvalue weighted by molar-refractivity contribution is 6.21. The van der Waals surface area contributed by atoms with Gasteiger partial charge >= 0.3 is 0 Å². The second-order valence-electron chi connectivity index (χ2n) is 10.8. The third kappa shape index (κ3) is 3.22. The van der Waals surface area contributed by atoms with E-state index in [2.05, 4.69) is 136 Å². The van der Waals surface area contributed by atoms with Gasteiger partial charge in [0.05, 0.1) is 0 Å². The van der Waals surface area contributed by atoms with Crippen LogP contribution in [0.3, 0.4) is 0 Å². The van der Waals surface area contributed by atoms with Crippen molar-refractivity contribution in [2.24, 2.45) is 0 Å². The number of benzene rings is 6. The van der Waals surface area contributed by atoms with Crippen molar-refractivity contribution >= 4 is 21.5 Å². The van der Waals surface area contributed by atoms with Gasteiger partial charge in [0, 0.05) is 5.41 Å². The predicted octanol–water partition coefficient (Wildman–Crippen LogP) is 10.2. The summed E-state index contributed by atoms with van der Waals surface area (Å²) in [4.78, 5) is 0. The molecular formula is C37H30. The van der Waals surface area contributed by atoms with Crippen molar-refractivity contribution in [1.29, 1.82) is 0 Å². The molecule has 0 fully saturated rings. The van der Waals surface area contributed by atoms with Gasteiger partial charge in [-0.15, -0.1) is 0 Å². The molecule has 0 amide bonds.